The van der Waals surface area contributed by atoms with Gasteiger partial charge in [0.15, 0.2) is 0 Å². The molecule has 0 heterocycles. The van der Waals surface area contributed by atoms with E-state index in [1.807, 2.05) is 83.1 Å². The van der Waals surface area contributed by atoms with Crippen molar-refractivity contribution in [2.45, 2.75) is 120 Å². The number of hydrogen-bond donors (Lipinski definition) is 0. The second-order valence-electron chi connectivity index (χ2n) is 11.9. The fourth-order valence-electron chi connectivity index (χ4n) is 1.80. The van der Waals surface area contributed by atoms with Crippen molar-refractivity contribution in [1.29, 1.82) is 0 Å². The zero-order chi connectivity index (χ0) is 21.7. The first kappa shape index (κ1) is 32.2. The van der Waals surface area contributed by atoms with E-state index in [0.717, 1.165) is 0 Å². The Morgan fingerprint density at radius 2 is 0.519 bits per heavy atom. The molecule has 27 heavy (non-hydrogen) atoms. The minimum atomic E-state index is -0.755. The maximum atomic E-state index is 11.6. The molecule has 4 atom stereocenters. The Labute approximate surface area is 182 Å². The van der Waals surface area contributed by atoms with Crippen LogP contribution in [0.25, 0.3) is 0 Å². The van der Waals surface area contributed by atoms with E-state index in [1.54, 1.807) is 0 Å². The molecule has 0 saturated heterocycles. The van der Waals surface area contributed by atoms with E-state index < -0.39 is 24.4 Å². The molecule has 4 nitrogen and oxygen atoms in total. The minimum absolute atomic E-state index is 0. The molecule has 0 spiro atoms. The van der Waals surface area contributed by atoms with Crippen LogP contribution in [0.2, 0.25) is 0 Å². The van der Waals surface area contributed by atoms with Gasteiger partial charge in [-0.1, -0.05) is 118 Å². The van der Waals surface area contributed by atoms with Crippen LogP contribution in [-0.4, -0.2) is 24.4 Å². The molecule has 0 radical (unpaired) electrons. The predicted molar refractivity (Wildman–Crippen MR) is 102 cm³/mol. The third-order valence-electron chi connectivity index (χ3n) is 4.72. The summed E-state index contributed by atoms with van der Waals surface area (Å²) in [5.41, 5.74) is -1.19. The summed E-state index contributed by atoms with van der Waals surface area (Å²) in [5, 5.41) is 46.4. The Morgan fingerprint density at radius 1 is 0.407 bits per heavy atom. The second kappa shape index (κ2) is 11.6. The Kier molecular flexibility index (Phi) is 13.9. The van der Waals surface area contributed by atoms with Crippen molar-refractivity contribution in [2.75, 3.05) is 0 Å². The van der Waals surface area contributed by atoms with Crippen LogP contribution in [0.5, 0.6) is 0 Å². The van der Waals surface area contributed by atoms with Gasteiger partial charge in [-0.25, -0.2) is 0 Å². The number of rotatable bonds is 4. The Balaban J connectivity index is -0.000000411. The van der Waals surface area contributed by atoms with Gasteiger partial charge < -0.3 is 20.4 Å². The van der Waals surface area contributed by atoms with Gasteiger partial charge in [-0.15, -0.1) is 24.4 Å². The Bertz CT molecular complexity index is 309. The van der Waals surface area contributed by atoms with Gasteiger partial charge in [-0.05, 0) is 0 Å². The third-order valence-corrected chi connectivity index (χ3v) is 4.72. The predicted octanol–water partition coefficient (Wildman–Crippen LogP) is 1.85. The maximum absolute atomic E-state index is 11.6. The third kappa shape index (κ3) is 15.1. The van der Waals surface area contributed by atoms with E-state index in [-0.39, 0.29) is 54.9 Å². The standard InChI is InChI=1S/2C11H22O2.Pd/c2*1-10(2,3)8(12)7-9(13)11(4,5)6;/h2*8-9H,7H2,1-6H3;/q2*-2;. The molecule has 0 aromatic heterocycles. The first-order chi connectivity index (χ1) is 11.1. The molecule has 0 aromatic carbocycles. The van der Waals surface area contributed by atoms with Crippen LogP contribution in [0.3, 0.4) is 0 Å². The van der Waals surface area contributed by atoms with Gasteiger partial charge in [-0.2, -0.15) is 0 Å². The van der Waals surface area contributed by atoms with Gasteiger partial charge in [0.05, 0.1) is 0 Å². The zero-order valence-corrected chi connectivity index (χ0v) is 21.2. The van der Waals surface area contributed by atoms with Gasteiger partial charge in [-0.3, -0.25) is 0 Å². The monoisotopic (exact) mass is 478 g/mol. The van der Waals surface area contributed by atoms with Crippen LogP contribution >= 0.6 is 0 Å². The van der Waals surface area contributed by atoms with Crippen molar-refractivity contribution in [3.8, 4) is 0 Å². The van der Waals surface area contributed by atoms with Crippen LogP contribution < -0.4 is 20.4 Å². The molecule has 0 aliphatic carbocycles. The molecular weight excluding hydrogens is 435 g/mol. The molecule has 0 rings (SSSR count). The average molecular weight is 479 g/mol. The van der Waals surface area contributed by atoms with E-state index >= 15 is 0 Å². The van der Waals surface area contributed by atoms with Crippen LogP contribution in [0.1, 0.15) is 95.9 Å². The molecule has 0 aromatic rings. The molecule has 170 valence electrons. The van der Waals surface area contributed by atoms with Crippen molar-refractivity contribution in [3.63, 3.8) is 0 Å². The van der Waals surface area contributed by atoms with Gasteiger partial charge in [0.25, 0.3) is 0 Å². The molecule has 5 heteroatoms. The van der Waals surface area contributed by atoms with E-state index in [1.165, 1.54) is 0 Å². The number of hydrogen-bond acceptors (Lipinski definition) is 4. The SMILES string of the molecule is CC(C)(C)C([O-])CC([O-])C(C)(C)C.CC(C)(C)C([O-])CC([O-])C(C)(C)C.[Pd]. The fraction of sp³-hybridized carbons (Fsp3) is 1.00. The molecule has 0 fully saturated rings. The van der Waals surface area contributed by atoms with Crippen molar-refractivity contribution < 1.29 is 40.8 Å². The topological polar surface area (TPSA) is 92.2 Å². The molecule has 0 N–H and O–H groups in total. The maximum Gasteiger partial charge on any atom is 0 e. The van der Waals surface area contributed by atoms with Crippen molar-refractivity contribution in [1.82, 2.24) is 0 Å². The minimum Gasteiger partial charge on any atom is -0.852 e. The first-order valence-electron chi connectivity index (χ1n) is 9.73. The van der Waals surface area contributed by atoms with E-state index in [9.17, 15) is 20.4 Å². The van der Waals surface area contributed by atoms with Crippen LogP contribution in [0.4, 0.5) is 0 Å². The molecule has 0 saturated carbocycles. The van der Waals surface area contributed by atoms with Crippen LogP contribution in [0.15, 0.2) is 0 Å². The second-order valence-corrected chi connectivity index (χ2v) is 11.9. The van der Waals surface area contributed by atoms with Crippen LogP contribution in [-0.2, 0) is 20.4 Å². The largest absolute Gasteiger partial charge is 0.852 e. The van der Waals surface area contributed by atoms with Gasteiger partial charge in [0.2, 0.25) is 0 Å². The summed E-state index contributed by atoms with van der Waals surface area (Å²) >= 11 is 0. The summed E-state index contributed by atoms with van der Waals surface area (Å²) < 4.78 is 0. The molecule has 0 aliphatic rings. The van der Waals surface area contributed by atoms with Crippen molar-refractivity contribution in [2.24, 2.45) is 21.7 Å². The molecule has 0 amide bonds. The average Bonchev–Trinajstić information content (AvgIpc) is 2.34. The molecule has 0 bridgehead atoms. The summed E-state index contributed by atoms with van der Waals surface area (Å²) in [4.78, 5) is 0. The molecule has 4 unspecified atom stereocenters. The fourth-order valence-corrected chi connectivity index (χ4v) is 1.80. The first-order valence-corrected chi connectivity index (χ1v) is 9.73. The van der Waals surface area contributed by atoms with E-state index in [2.05, 4.69) is 0 Å². The Morgan fingerprint density at radius 3 is 0.593 bits per heavy atom. The summed E-state index contributed by atoms with van der Waals surface area (Å²) in [6, 6.07) is 0. The summed E-state index contributed by atoms with van der Waals surface area (Å²) in [5.74, 6) is 0. The van der Waals surface area contributed by atoms with E-state index in [0.29, 0.717) is 0 Å². The van der Waals surface area contributed by atoms with Gasteiger partial charge >= 0.3 is 0 Å². The van der Waals surface area contributed by atoms with Crippen molar-refractivity contribution >= 4 is 0 Å². The van der Waals surface area contributed by atoms with Gasteiger partial charge in [0.1, 0.15) is 0 Å². The van der Waals surface area contributed by atoms with E-state index in [4.69, 9.17) is 0 Å². The molecular formula is C22H44O4Pd-4. The van der Waals surface area contributed by atoms with Crippen LogP contribution in [0, 0.1) is 21.7 Å². The summed E-state index contributed by atoms with van der Waals surface area (Å²) in [6.07, 6.45) is -2.56. The normalized spacial score (nSPS) is 17.8. The van der Waals surface area contributed by atoms with Crippen molar-refractivity contribution in [3.05, 3.63) is 0 Å². The summed E-state index contributed by atoms with van der Waals surface area (Å²) in [6.45, 7) is 22.7. The molecule has 0 aliphatic heterocycles. The Hall–Kier alpha value is 0.502. The quantitative estimate of drug-likeness (QED) is 0.576. The smallest absolute Gasteiger partial charge is 0 e. The van der Waals surface area contributed by atoms with Gasteiger partial charge in [0, 0.05) is 20.4 Å². The summed E-state index contributed by atoms with van der Waals surface area (Å²) in [7, 11) is 0. The zero-order valence-electron chi connectivity index (χ0n) is 19.7.